The highest BCUT2D eigenvalue weighted by atomic mass is 16.6. The van der Waals surface area contributed by atoms with E-state index < -0.39 is 0 Å². The van der Waals surface area contributed by atoms with Gasteiger partial charge in [0, 0.05) is 23.3 Å². The molecule has 0 bridgehead atoms. The van der Waals surface area contributed by atoms with E-state index in [9.17, 15) is 14.9 Å². The Balaban J connectivity index is 1.63. The topological polar surface area (TPSA) is 67.9 Å². The van der Waals surface area contributed by atoms with Crippen molar-refractivity contribution in [2.45, 2.75) is 13.0 Å². The molecule has 1 heterocycles. The lowest BCUT2D eigenvalue weighted by Gasteiger charge is -2.35. The van der Waals surface area contributed by atoms with Gasteiger partial charge in [0.25, 0.3) is 11.6 Å². The summed E-state index contributed by atoms with van der Waals surface area (Å²) < 4.78 is 0. The number of benzene rings is 2. The molecule has 0 aromatic heterocycles. The van der Waals surface area contributed by atoms with Crippen LogP contribution in [0.15, 0.2) is 54.6 Å². The molecule has 2 aromatic carbocycles. The first-order chi connectivity index (χ1) is 12.1. The lowest BCUT2D eigenvalue weighted by Crippen LogP contribution is -3.14. The predicted octanol–water partition coefficient (Wildman–Crippen LogP) is 1.70. The van der Waals surface area contributed by atoms with Crippen LogP contribution in [0.2, 0.25) is 0 Å². The number of carbonyl (C=O) groups excluding carboxylic acids is 1. The summed E-state index contributed by atoms with van der Waals surface area (Å²) in [5.74, 6) is 0.0719. The van der Waals surface area contributed by atoms with Gasteiger partial charge < -0.3 is 9.80 Å². The monoisotopic (exact) mass is 340 g/mol. The Kier molecular flexibility index (Phi) is 5.09. The molecule has 130 valence electrons. The van der Waals surface area contributed by atoms with E-state index in [1.165, 1.54) is 11.0 Å². The second kappa shape index (κ2) is 7.44. The number of carbonyl (C=O) groups is 1. The van der Waals surface area contributed by atoms with Crippen LogP contribution in [0, 0.1) is 10.1 Å². The summed E-state index contributed by atoms with van der Waals surface area (Å²) in [6.45, 7) is 5.15. The lowest BCUT2D eigenvalue weighted by atomic mass is 10.1. The van der Waals surface area contributed by atoms with Crippen molar-refractivity contribution < 1.29 is 14.6 Å². The number of rotatable bonds is 4. The number of piperazine rings is 1. The maximum absolute atomic E-state index is 12.5. The first-order valence-corrected chi connectivity index (χ1v) is 8.49. The second-order valence-electron chi connectivity index (χ2n) is 6.39. The number of nitrogens with zero attached hydrogens (tertiary/aromatic N) is 2. The Morgan fingerprint density at radius 1 is 1.12 bits per heavy atom. The van der Waals surface area contributed by atoms with Gasteiger partial charge >= 0.3 is 0 Å². The van der Waals surface area contributed by atoms with Crippen LogP contribution in [0.25, 0.3) is 0 Å². The average Bonchev–Trinajstić information content (AvgIpc) is 2.67. The highest BCUT2D eigenvalue weighted by molar-refractivity contribution is 5.94. The fourth-order valence-electron chi connectivity index (χ4n) is 3.34. The van der Waals surface area contributed by atoms with E-state index in [1.807, 2.05) is 41.3 Å². The van der Waals surface area contributed by atoms with Crippen molar-refractivity contribution in [2.24, 2.45) is 0 Å². The molecule has 1 saturated heterocycles. The van der Waals surface area contributed by atoms with E-state index in [1.54, 1.807) is 12.1 Å². The Labute approximate surface area is 146 Å². The quantitative estimate of drug-likeness (QED) is 0.680. The third kappa shape index (κ3) is 3.85. The van der Waals surface area contributed by atoms with Crippen LogP contribution in [-0.2, 0) is 0 Å². The number of quaternary nitrogens is 1. The van der Waals surface area contributed by atoms with Crippen LogP contribution < -0.4 is 4.90 Å². The number of nitro groups is 1. The normalized spacial score (nSPS) is 16.4. The zero-order chi connectivity index (χ0) is 17.8. The minimum atomic E-state index is -0.359. The maximum Gasteiger partial charge on any atom is 0.269 e. The van der Waals surface area contributed by atoms with Crippen molar-refractivity contribution in [1.29, 1.82) is 0 Å². The Bertz CT molecular complexity index is 756. The molecular weight excluding hydrogens is 318 g/mol. The van der Waals surface area contributed by atoms with Gasteiger partial charge in [0.05, 0.1) is 31.1 Å². The molecule has 0 spiro atoms. The molecule has 3 rings (SSSR count). The zero-order valence-corrected chi connectivity index (χ0v) is 14.2. The van der Waals surface area contributed by atoms with Gasteiger partial charge in [-0.2, -0.15) is 0 Å². The molecule has 0 unspecified atom stereocenters. The molecule has 2 aromatic rings. The van der Waals surface area contributed by atoms with Crippen LogP contribution in [0.4, 0.5) is 5.69 Å². The molecule has 0 saturated carbocycles. The third-order valence-corrected chi connectivity index (χ3v) is 4.91. The zero-order valence-electron chi connectivity index (χ0n) is 14.2. The van der Waals surface area contributed by atoms with Crippen LogP contribution >= 0.6 is 0 Å². The van der Waals surface area contributed by atoms with Crippen LogP contribution in [0.1, 0.15) is 28.9 Å². The van der Waals surface area contributed by atoms with Crippen LogP contribution in [0.5, 0.6) is 0 Å². The van der Waals surface area contributed by atoms with Gasteiger partial charge in [0.15, 0.2) is 0 Å². The lowest BCUT2D eigenvalue weighted by molar-refractivity contribution is -0.933. The molecule has 1 aliphatic heterocycles. The summed E-state index contributed by atoms with van der Waals surface area (Å²) in [7, 11) is 0. The molecule has 1 aliphatic rings. The Morgan fingerprint density at radius 2 is 1.80 bits per heavy atom. The van der Waals surface area contributed by atoms with Gasteiger partial charge in [-0.25, -0.2) is 0 Å². The molecule has 6 nitrogen and oxygen atoms in total. The number of hydrogen-bond donors (Lipinski definition) is 1. The molecule has 1 N–H and O–H groups in total. The minimum absolute atomic E-state index is 0.0719. The van der Waals surface area contributed by atoms with E-state index in [4.69, 9.17) is 0 Å². The molecule has 1 amide bonds. The van der Waals surface area contributed by atoms with Crippen LogP contribution in [-0.4, -0.2) is 41.9 Å². The van der Waals surface area contributed by atoms with E-state index in [2.05, 4.69) is 6.92 Å². The fraction of sp³-hybridized carbons (Fsp3) is 0.316. The fourth-order valence-corrected chi connectivity index (χ4v) is 3.34. The van der Waals surface area contributed by atoms with E-state index in [0.29, 0.717) is 13.1 Å². The summed E-state index contributed by atoms with van der Waals surface area (Å²) in [5.41, 5.74) is 1.81. The van der Waals surface area contributed by atoms with Gasteiger partial charge in [-0.1, -0.05) is 30.3 Å². The standard InChI is InChI=1S/C19H21N3O3/c1-15(17-8-5-9-18(14-17)22(24)25)20-10-12-21(13-11-20)19(23)16-6-3-2-4-7-16/h2-9,14-15H,10-13H2,1H3/p+1/t15-/m1/s1. The smallest absolute Gasteiger partial charge is 0.269 e. The van der Waals surface area contributed by atoms with Crippen molar-refractivity contribution in [2.75, 3.05) is 26.2 Å². The summed E-state index contributed by atoms with van der Waals surface area (Å²) in [4.78, 5) is 26.3. The number of non-ortho nitro benzene ring substituents is 1. The number of hydrogen-bond acceptors (Lipinski definition) is 3. The summed E-state index contributed by atoms with van der Waals surface area (Å²) in [6.07, 6.45) is 0. The van der Waals surface area contributed by atoms with Gasteiger partial charge in [0.1, 0.15) is 6.04 Å². The SMILES string of the molecule is C[C@H](c1cccc([N+](=O)[O-])c1)[NH+]1CCN(C(=O)c2ccccc2)CC1. The van der Waals surface area contributed by atoms with Gasteiger partial charge in [0.2, 0.25) is 0 Å². The number of nitro benzene ring substituents is 1. The molecule has 6 heteroatoms. The second-order valence-corrected chi connectivity index (χ2v) is 6.39. The van der Waals surface area contributed by atoms with E-state index in [-0.39, 0.29) is 22.6 Å². The van der Waals surface area contributed by atoms with Crippen molar-refractivity contribution in [3.05, 3.63) is 75.8 Å². The van der Waals surface area contributed by atoms with Gasteiger partial charge in [-0.15, -0.1) is 0 Å². The van der Waals surface area contributed by atoms with E-state index >= 15 is 0 Å². The number of nitrogens with one attached hydrogen (secondary N) is 1. The van der Waals surface area contributed by atoms with Crippen molar-refractivity contribution in [3.63, 3.8) is 0 Å². The molecule has 25 heavy (non-hydrogen) atoms. The average molecular weight is 340 g/mol. The highest BCUT2D eigenvalue weighted by Gasteiger charge is 2.28. The molecular formula is C19H22N3O3+. The molecule has 1 atom stereocenters. The first kappa shape index (κ1) is 17.1. The molecule has 1 fully saturated rings. The summed E-state index contributed by atoms with van der Waals surface area (Å²) >= 11 is 0. The maximum atomic E-state index is 12.5. The summed E-state index contributed by atoms with van der Waals surface area (Å²) in [6, 6.07) is 16.3. The Morgan fingerprint density at radius 3 is 2.44 bits per heavy atom. The minimum Gasteiger partial charge on any atom is -0.327 e. The van der Waals surface area contributed by atoms with Crippen molar-refractivity contribution in [3.8, 4) is 0 Å². The van der Waals surface area contributed by atoms with Gasteiger partial charge in [-0.05, 0) is 19.1 Å². The Hall–Kier alpha value is -2.73. The third-order valence-electron chi connectivity index (χ3n) is 4.91. The summed E-state index contributed by atoms with van der Waals surface area (Å²) in [5, 5.41) is 11.0. The largest absolute Gasteiger partial charge is 0.327 e. The number of amides is 1. The van der Waals surface area contributed by atoms with Crippen molar-refractivity contribution >= 4 is 11.6 Å². The van der Waals surface area contributed by atoms with E-state index in [0.717, 1.165) is 24.2 Å². The predicted molar refractivity (Wildman–Crippen MR) is 94.6 cm³/mol. The molecule has 0 radical (unpaired) electrons. The highest BCUT2D eigenvalue weighted by Crippen LogP contribution is 2.17. The van der Waals surface area contributed by atoms with Crippen LogP contribution in [0.3, 0.4) is 0 Å². The molecule has 0 aliphatic carbocycles. The van der Waals surface area contributed by atoms with Gasteiger partial charge in [-0.3, -0.25) is 14.9 Å². The van der Waals surface area contributed by atoms with Crippen molar-refractivity contribution in [1.82, 2.24) is 4.90 Å². The first-order valence-electron chi connectivity index (χ1n) is 8.49.